The van der Waals surface area contributed by atoms with E-state index in [9.17, 15) is 4.79 Å². The molecule has 0 N–H and O–H groups in total. The van der Waals surface area contributed by atoms with Gasteiger partial charge in [0, 0.05) is 17.6 Å². The van der Waals surface area contributed by atoms with Crippen LogP contribution in [0, 0.1) is 0 Å². The highest BCUT2D eigenvalue weighted by molar-refractivity contribution is 7.14. The van der Waals surface area contributed by atoms with Crippen LogP contribution < -0.4 is 0 Å². The topological polar surface area (TPSA) is 34.9 Å². The predicted molar refractivity (Wildman–Crippen MR) is 81.5 cm³/mol. The van der Waals surface area contributed by atoms with Gasteiger partial charge in [-0.2, -0.15) is 5.10 Å². The Bertz CT molecular complexity index is 588. The first-order chi connectivity index (χ1) is 9.79. The minimum Gasteiger partial charge on any atom is -0.286 e. The lowest BCUT2D eigenvalue weighted by Gasteiger charge is -2.03. The van der Waals surface area contributed by atoms with Crippen LogP contribution >= 0.6 is 11.3 Å². The fraction of sp³-hybridized carbons (Fsp3) is 0.500. The first-order valence-corrected chi connectivity index (χ1v) is 8.29. The van der Waals surface area contributed by atoms with Crippen LogP contribution in [0.5, 0.6) is 0 Å². The van der Waals surface area contributed by atoms with E-state index in [4.69, 9.17) is 0 Å². The average Bonchev–Trinajstić information content (AvgIpc) is 3.01. The molecule has 3 rings (SSSR count). The molecule has 1 aliphatic rings. The number of nitrogens with zero attached hydrogens (tertiary/aromatic N) is 2. The van der Waals surface area contributed by atoms with E-state index in [2.05, 4.69) is 18.1 Å². The Balaban J connectivity index is 1.89. The number of fused-ring (bicyclic) bond motifs is 1. The van der Waals surface area contributed by atoms with Crippen LogP contribution in [0.1, 0.15) is 58.4 Å². The number of aryl methyl sites for hydroxylation is 3. The van der Waals surface area contributed by atoms with Crippen molar-refractivity contribution >= 4 is 17.1 Å². The van der Waals surface area contributed by atoms with E-state index in [1.807, 2.05) is 10.7 Å². The Morgan fingerprint density at radius 1 is 1.35 bits per heavy atom. The molecule has 0 fully saturated rings. The van der Waals surface area contributed by atoms with Gasteiger partial charge in [-0.15, -0.1) is 11.3 Å². The van der Waals surface area contributed by atoms with Gasteiger partial charge in [0.05, 0.1) is 4.88 Å². The monoisotopic (exact) mass is 288 g/mol. The van der Waals surface area contributed by atoms with Crippen LogP contribution in [-0.4, -0.2) is 15.6 Å². The highest BCUT2D eigenvalue weighted by atomic mass is 32.1. The summed E-state index contributed by atoms with van der Waals surface area (Å²) < 4.78 is 1.83. The van der Waals surface area contributed by atoms with E-state index >= 15 is 0 Å². The smallest absolute Gasteiger partial charge is 0.220 e. The van der Waals surface area contributed by atoms with Gasteiger partial charge < -0.3 is 0 Å². The molecule has 3 nitrogen and oxygen atoms in total. The zero-order valence-corrected chi connectivity index (χ0v) is 12.7. The second-order valence-electron chi connectivity index (χ2n) is 5.39. The number of ketones is 1. The Kier molecular flexibility index (Phi) is 4.01. The van der Waals surface area contributed by atoms with Crippen molar-refractivity contribution in [3.05, 3.63) is 39.3 Å². The van der Waals surface area contributed by atoms with Gasteiger partial charge in [0.25, 0.3) is 0 Å². The predicted octanol–water partition coefficient (Wildman–Crippen LogP) is 3.85. The summed E-state index contributed by atoms with van der Waals surface area (Å²) in [5, 5.41) is 4.25. The highest BCUT2D eigenvalue weighted by Gasteiger charge is 2.20. The molecule has 0 unspecified atom stereocenters. The zero-order chi connectivity index (χ0) is 13.9. The van der Waals surface area contributed by atoms with Crippen LogP contribution in [0.3, 0.4) is 0 Å². The molecule has 0 aliphatic heterocycles. The Morgan fingerprint density at radius 2 is 2.20 bits per heavy atom. The molecule has 2 aromatic rings. The zero-order valence-electron chi connectivity index (χ0n) is 11.9. The average molecular weight is 288 g/mol. The van der Waals surface area contributed by atoms with Crippen molar-refractivity contribution in [1.82, 2.24) is 9.78 Å². The molecule has 4 heteroatoms. The number of hydrogen-bond donors (Lipinski definition) is 0. The molecule has 1 aliphatic carbocycles. The van der Waals surface area contributed by atoms with E-state index in [0.717, 1.165) is 36.4 Å². The van der Waals surface area contributed by atoms with Gasteiger partial charge in [0.1, 0.15) is 5.69 Å². The third-order valence-electron chi connectivity index (χ3n) is 3.85. The lowest BCUT2D eigenvalue weighted by molar-refractivity contribution is 0.103. The summed E-state index contributed by atoms with van der Waals surface area (Å²) in [6.45, 7) is 2.91. The van der Waals surface area contributed by atoms with Gasteiger partial charge in [0.15, 0.2) is 0 Å². The molecule has 2 heterocycles. The second kappa shape index (κ2) is 5.92. The summed E-state index contributed by atoms with van der Waals surface area (Å²) in [7, 11) is 0. The van der Waals surface area contributed by atoms with Gasteiger partial charge in [-0.1, -0.05) is 13.3 Å². The molecule has 2 aromatic heterocycles. The summed E-state index contributed by atoms with van der Waals surface area (Å²) >= 11 is 1.69. The van der Waals surface area contributed by atoms with E-state index in [-0.39, 0.29) is 5.78 Å². The largest absolute Gasteiger partial charge is 0.286 e. The SMILES string of the molecule is CCCn1nccc1C(=O)c1cc2c(s1)CCCCC2. The number of carbonyl (C=O) groups excluding carboxylic acids is 1. The molecule has 106 valence electrons. The fourth-order valence-electron chi connectivity index (χ4n) is 2.82. The Hall–Kier alpha value is -1.42. The fourth-order valence-corrected chi connectivity index (χ4v) is 4.02. The minimum atomic E-state index is 0.133. The lowest BCUT2D eigenvalue weighted by Crippen LogP contribution is -2.10. The molecule has 0 saturated heterocycles. The number of hydrogen-bond acceptors (Lipinski definition) is 3. The Morgan fingerprint density at radius 3 is 3.05 bits per heavy atom. The molecule has 0 aromatic carbocycles. The third kappa shape index (κ3) is 2.57. The van der Waals surface area contributed by atoms with Gasteiger partial charge >= 0.3 is 0 Å². The number of rotatable bonds is 4. The number of carbonyl (C=O) groups is 1. The van der Waals surface area contributed by atoms with Crippen LogP contribution in [0.25, 0.3) is 0 Å². The summed E-state index contributed by atoms with van der Waals surface area (Å²) in [5.41, 5.74) is 2.13. The van der Waals surface area contributed by atoms with E-state index < -0.39 is 0 Å². The van der Waals surface area contributed by atoms with Crippen molar-refractivity contribution < 1.29 is 4.79 Å². The van der Waals surface area contributed by atoms with E-state index in [0.29, 0.717) is 0 Å². The standard InChI is InChI=1S/C16H20N2OS/c1-2-10-18-13(8-9-17-18)16(19)15-11-12-6-4-3-5-7-14(12)20-15/h8-9,11H,2-7,10H2,1H3. The molecule has 0 amide bonds. The molecule has 0 bridgehead atoms. The summed E-state index contributed by atoms with van der Waals surface area (Å²) in [6, 6.07) is 3.96. The molecule has 0 atom stereocenters. The van der Waals surface area contributed by atoms with Crippen LogP contribution in [0.2, 0.25) is 0 Å². The maximum absolute atomic E-state index is 12.7. The maximum Gasteiger partial charge on any atom is 0.220 e. The number of aromatic nitrogens is 2. The molecular formula is C16H20N2OS. The highest BCUT2D eigenvalue weighted by Crippen LogP contribution is 2.30. The van der Waals surface area contributed by atoms with Crippen molar-refractivity contribution in [1.29, 1.82) is 0 Å². The van der Waals surface area contributed by atoms with E-state index in [1.54, 1.807) is 17.5 Å². The second-order valence-corrected chi connectivity index (χ2v) is 6.53. The third-order valence-corrected chi connectivity index (χ3v) is 5.09. The maximum atomic E-state index is 12.7. The molecule has 0 radical (unpaired) electrons. The van der Waals surface area contributed by atoms with Gasteiger partial charge in [0.2, 0.25) is 5.78 Å². The van der Waals surface area contributed by atoms with E-state index in [1.165, 1.54) is 29.7 Å². The van der Waals surface area contributed by atoms with Crippen LogP contribution in [-0.2, 0) is 19.4 Å². The molecule has 0 spiro atoms. The van der Waals surface area contributed by atoms with Crippen molar-refractivity contribution in [2.24, 2.45) is 0 Å². The van der Waals surface area contributed by atoms with Crippen molar-refractivity contribution in [3.8, 4) is 0 Å². The Labute approximate surface area is 123 Å². The van der Waals surface area contributed by atoms with Crippen LogP contribution in [0.15, 0.2) is 18.3 Å². The molecule has 0 saturated carbocycles. The van der Waals surface area contributed by atoms with Crippen LogP contribution in [0.4, 0.5) is 0 Å². The van der Waals surface area contributed by atoms with Crippen molar-refractivity contribution in [3.63, 3.8) is 0 Å². The first kappa shape index (κ1) is 13.6. The summed E-state index contributed by atoms with van der Waals surface area (Å²) in [4.78, 5) is 15.0. The van der Waals surface area contributed by atoms with Crippen molar-refractivity contribution in [2.75, 3.05) is 0 Å². The quantitative estimate of drug-likeness (QED) is 0.632. The normalized spacial score (nSPS) is 14.8. The lowest BCUT2D eigenvalue weighted by atomic mass is 10.1. The summed E-state index contributed by atoms with van der Waals surface area (Å²) in [6.07, 6.45) is 8.81. The van der Waals surface area contributed by atoms with Gasteiger partial charge in [-0.05, 0) is 49.8 Å². The molecule has 20 heavy (non-hydrogen) atoms. The summed E-state index contributed by atoms with van der Waals surface area (Å²) in [5.74, 6) is 0.133. The molecular weight excluding hydrogens is 268 g/mol. The first-order valence-electron chi connectivity index (χ1n) is 7.47. The minimum absolute atomic E-state index is 0.133. The van der Waals surface area contributed by atoms with Gasteiger partial charge in [-0.25, -0.2) is 0 Å². The number of thiophene rings is 1. The van der Waals surface area contributed by atoms with Gasteiger partial charge in [-0.3, -0.25) is 9.48 Å². The van der Waals surface area contributed by atoms with Crippen molar-refractivity contribution in [2.45, 2.75) is 52.0 Å².